The van der Waals surface area contributed by atoms with Crippen molar-refractivity contribution >= 4 is 16.6 Å². The maximum absolute atomic E-state index is 13.7. The van der Waals surface area contributed by atoms with Crippen molar-refractivity contribution in [3.05, 3.63) is 64.2 Å². The van der Waals surface area contributed by atoms with Gasteiger partial charge in [-0.05, 0) is 55.0 Å². The van der Waals surface area contributed by atoms with Gasteiger partial charge in [0.15, 0.2) is 17.3 Å². The Morgan fingerprint density at radius 1 is 0.975 bits per heavy atom. The first-order valence-electron chi connectivity index (χ1n) is 13.5. The maximum Gasteiger partial charge on any atom is 0.253 e. The maximum atomic E-state index is 13.7. The fraction of sp³-hybridized carbons (Fsp3) is 0.448. The molecule has 0 aliphatic carbocycles. The predicted octanol–water partition coefficient (Wildman–Crippen LogP) is 3.60. The number of methoxy groups -OCH3 is 3. The van der Waals surface area contributed by atoms with E-state index >= 15 is 0 Å². The summed E-state index contributed by atoms with van der Waals surface area (Å²) < 4.78 is 18.3. The third-order valence-corrected chi connectivity index (χ3v) is 7.95. The second-order valence-electron chi connectivity index (χ2n) is 10.6. The lowest BCUT2D eigenvalue weighted by Gasteiger charge is -2.40. The fourth-order valence-corrected chi connectivity index (χ4v) is 5.24. The van der Waals surface area contributed by atoms with Gasteiger partial charge in [-0.25, -0.2) is 4.68 Å². The molecule has 3 heterocycles. The van der Waals surface area contributed by atoms with Gasteiger partial charge in [0.05, 0.1) is 32.4 Å². The van der Waals surface area contributed by atoms with Gasteiger partial charge in [0.1, 0.15) is 11.8 Å². The number of rotatable bonds is 9. The molecule has 2 aromatic carbocycles. The van der Waals surface area contributed by atoms with Crippen molar-refractivity contribution in [2.24, 2.45) is 0 Å². The van der Waals surface area contributed by atoms with Gasteiger partial charge in [-0.1, -0.05) is 13.0 Å². The van der Waals surface area contributed by atoms with E-state index in [4.69, 9.17) is 14.2 Å². The van der Waals surface area contributed by atoms with E-state index in [1.807, 2.05) is 35.0 Å². The van der Waals surface area contributed by atoms with Crippen LogP contribution in [0.25, 0.3) is 10.9 Å². The summed E-state index contributed by atoms with van der Waals surface area (Å²) in [6.07, 6.45) is 0.826. The van der Waals surface area contributed by atoms with Gasteiger partial charge in [-0.15, -0.1) is 5.10 Å². The SMILES string of the molecule is CCC(C)(C)n1nnnc1[C@@H](c1cc2cc(OC)c(OC)cc2[nH]c1=O)N1CCN(c2cccc(OC)c2)CC1. The molecule has 1 N–H and O–H groups in total. The number of pyridine rings is 1. The summed E-state index contributed by atoms with van der Waals surface area (Å²) in [5.74, 6) is 2.62. The highest BCUT2D eigenvalue weighted by atomic mass is 16.5. The average Bonchev–Trinajstić information content (AvgIpc) is 3.48. The average molecular weight is 548 g/mol. The topological polar surface area (TPSA) is 111 Å². The molecule has 1 saturated heterocycles. The second-order valence-corrected chi connectivity index (χ2v) is 10.6. The van der Waals surface area contributed by atoms with E-state index < -0.39 is 6.04 Å². The molecule has 1 aliphatic rings. The van der Waals surface area contributed by atoms with E-state index in [-0.39, 0.29) is 11.1 Å². The minimum absolute atomic E-state index is 0.191. The third kappa shape index (κ3) is 5.08. The van der Waals surface area contributed by atoms with Gasteiger partial charge in [0.25, 0.3) is 5.56 Å². The Hall–Kier alpha value is -4.12. The predicted molar refractivity (Wildman–Crippen MR) is 154 cm³/mol. The van der Waals surface area contributed by atoms with Crippen molar-refractivity contribution in [2.45, 2.75) is 38.8 Å². The van der Waals surface area contributed by atoms with Crippen molar-refractivity contribution in [1.82, 2.24) is 30.1 Å². The number of anilines is 1. The minimum Gasteiger partial charge on any atom is -0.497 e. The van der Waals surface area contributed by atoms with Crippen LogP contribution in [0.3, 0.4) is 0 Å². The minimum atomic E-state index is -0.450. The van der Waals surface area contributed by atoms with Crippen molar-refractivity contribution in [2.75, 3.05) is 52.4 Å². The molecule has 0 saturated carbocycles. The highest BCUT2D eigenvalue weighted by molar-refractivity contribution is 5.83. The van der Waals surface area contributed by atoms with Crippen LogP contribution in [-0.2, 0) is 5.54 Å². The highest BCUT2D eigenvalue weighted by Crippen LogP contribution is 2.35. The van der Waals surface area contributed by atoms with Crippen LogP contribution in [0.1, 0.15) is 44.6 Å². The van der Waals surface area contributed by atoms with E-state index in [0.29, 0.717) is 41.5 Å². The van der Waals surface area contributed by atoms with E-state index in [1.54, 1.807) is 27.4 Å². The molecule has 11 nitrogen and oxygen atoms in total. The molecule has 0 amide bonds. The number of nitrogens with zero attached hydrogens (tertiary/aromatic N) is 6. The number of nitrogens with one attached hydrogen (secondary N) is 1. The molecule has 0 unspecified atom stereocenters. The van der Waals surface area contributed by atoms with Crippen molar-refractivity contribution in [3.8, 4) is 17.2 Å². The van der Waals surface area contributed by atoms with E-state index in [0.717, 1.165) is 36.3 Å². The van der Waals surface area contributed by atoms with E-state index in [1.165, 1.54) is 0 Å². The van der Waals surface area contributed by atoms with Crippen LogP contribution in [0.5, 0.6) is 17.2 Å². The monoisotopic (exact) mass is 547 g/mol. The van der Waals surface area contributed by atoms with Gasteiger partial charge in [0, 0.05) is 54.9 Å². The largest absolute Gasteiger partial charge is 0.497 e. The standard InChI is InChI=1S/C29H37N7O4/c1-7-29(2,3)36-27(31-32-33-36)26(35-13-11-34(12-14-35)20-9-8-10-21(17-20)38-4)22-15-19-16-24(39-5)25(40-6)18-23(19)30-28(22)37/h8-10,15-18,26H,7,11-14H2,1-6H3,(H,30,37)/t26-/m1/s1. The summed E-state index contributed by atoms with van der Waals surface area (Å²) in [5, 5.41) is 13.8. The van der Waals surface area contributed by atoms with Crippen molar-refractivity contribution in [1.29, 1.82) is 0 Å². The Bertz CT molecular complexity index is 1540. The van der Waals surface area contributed by atoms with Crippen LogP contribution in [0, 0.1) is 0 Å². The fourth-order valence-electron chi connectivity index (χ4n) is 5.24. The summed E-state index contributed by atoms with van der Waals surface area (Å²) in [7, 11) is 4.85. The van der Waals surface area contributed by atoms with Gasteiger partial charge in [-0.3, -0.25) is 9.69 Å². The Kier molecular flexibility index (Phi) is 7.66. The highest BCUT2D eigenvalue weighted by Gasteiger charge is 2.36. The normalized spacial score (nSPS) is 15.3. The molecule has 0 radical (unpaired) electrons. The Morgan fingerprint density at radius 3 is 2.38 bits per heavy atom. The Balaban J connectivity index is 1.57. The van der Waals surface area contributed by atoms with Crippen LogP contribution in [-0.4, -0.2) is 77.6 Å². The number of piperazine rings is 1. The first-order chi connectivity index (χ1) is 19.3. The quantitative estimate of drug-likeness (QED) is 0.336. The van der Waals surface area contributed by atoms with E-state index in [2.05, 4.69) is 57.1 Å². The molecular weight excluding hydrogens is 510 g/mol. The zero-order valence-electron chi connectivity index (χ0n) is 24.0. The molecule has 0 spiro atoms. The van der Waals surface area contributed by atoms with Gasteiger partial charge in [-0.2, -0.15) is 0 Å². The zero-order chi connectivity index (χ0) is 28.4. The van der Waals surface area contributed by atoms with Crippen LogP contribution >= 0.6 is 0 Å². The van der Waals surface area contributed by atoms with Gasteiger partial charge >= 0.3 is 0 Å². The van der Waals surface area contributed by atoms with Gasteiger partial charge in [0.2, 0.25) is 0 Å². The number of hydrogen-bond acceptors (Lipinski definition) is 9. The molecule has 2 aromatic heterocycles. The van der Waals surface area contributed by atoms with Crippen LogP contribution in [0.4, 0.5) is 5.69 Å². The lowest BCUT2D eigenvalue weighted by atomic mass is 9.98. The lowest BCUT2D eigenvalue weighted by molar-refractivity contribution is 0.186. The lowest BCUT2D eigenvalue weighted by Crippen LogP contribution is -2.49. The van der Waals surface area contributed by atoms with Crippen molar-refractivity contribution < 1.29 is 14.2 Å². The summed E-state index contributed by atoms with van der Waals surface area (Å²) in [4.78, 5) is 21.4. The number of benzene rings is 2. The molecule has 40 heavy (non-hydrogen) atoms. The molecule has 5 rings (SSSR count). The van der Waals surface area contributed by atoms with Crippen LogP contribution in [0.2, 0.25) is 0 Å². The number of tetrazole rings is 1. The zero-order valence-corrected chi connectivity index (χ0v) is 24.0. The van der Waals surface area contributed by atoms with Crippen LogP contribution in [0.15, 0.2) is 47.3 Å². The Morgan fingerprint density at radius 2 is 1.70 bits per heavy atom. The first kappa shape index (κ1) is 27.4. The van der Waals surface area contributed by atoms with Gasteiger partial charge < -0.3 is 24.1 Å². The summed E-state index contributed by atoms with van der Waals surface area (Å²) in [5.41, 5.74) is 1.83. The van der Waals surface area contributed by atoms with E-state index in [9.17, 15) is 4.79 Å². The number of aromatic nitrogens is 5. The molecule has 1 atom stereocenters. The molecule has 1 fully saturated rings. The summed E-state index contributed by atoms with van der Waals surface area (Å²) in [6, 6.07) is 13.2. The number of ether oxygens (including phenoxy) is 3. The molecule has 11 heteroatoms. The smallest absolute Gasteiger partial charge is 0.253 e. The Labute approximate surface area is 233 Å². The number of aromatic amines is 1. The molecule has 4 aromatic rings. The first-order valence-corrected chi connectivity index (χ1v) is 13.5. The molecular formula is C29H37N7O4. The second kappa shape index (κ2) is 11.2. The summed E-state index contributed by atoms with van der Waals surface area (Å²) in [6.45, 7) is 9.29. The number of H-pyrrole nitrogens is 1. The molecule has 1 aliphatic heterocycles. The summed E-state index contributed by atoms with van der Waals surface area (Å²) >= 11 is 0. The molecule has 212 valence electrons. The number of hydrogen-bond donors (Lipinski definition) is 1. The van der Waals surface area contributed by atoms with Crippen LogP contribution < -0.4 is 24.7 Å². The third-order valence-electron chi connectivity index (χ3n) is 7.95. The number of fused-ring (bicyclic) bond motifs is 1. The molecule has 0 bridgehead atoms. The van der Waals surface area contributed by atoms with Crippen molar-refractivity contribution in [3.63, 3.8) is 0 Å².